The van der Waals surface area contributed by atoms with Crippen LogP contribution >= 0.6 is 24.0 Å². The number of pyridine rings is 1. The van der Waals surface area contributed by atoms with Crippen LogP contribution in [-0.2, 0) is 6.42 Å². The Labute approximate surface area is 173 Å². The zero-order valence-electron chi connectivity index (χ0n) is 15.3. The lowest BCUT2D eigenvalue weighted by atomic mass is 10.1. The number of nitrogens with zero attached hydrogens (tertiary/aromatic N) is 3. The van der Waals surface area contributed by atoms with Gasteiger partial charge in [0.05, 0.1) is 0 Å². The van der Waals surface area contributed by atoms with E-state index in [1.54, 1.807) is 0 Å². The highest BCUT2D eigenvalue weighted by molar-refractivity contribution is 14.0. The van der Waals surface area contributed by atoms with Gasteiger partial charge in [-0.25, -0.2) is 0 Å². The van der Waals surface area contributed by atoms with Crippen molar-refractivity contribution in [2.45, 2.75) is 12.8 Å². The van der Waals surface area contributed by atoms with E-state index in [1.165, 1.54) is 12.1 Å². The summed E-state index contributed by atoms with van der Waals surface area (Å²) >= 11 is 0. The van der Waals surface area contributed by atoms with Gasteiger partial charge >= 0.3 is 0 Å². The Kier molecular flexibility index (Phi) is 8.67. The van der Waals surface area contributed by atoms with E-state index in [1.807, 2.05) is 25.4 Å². The van der Waals surface area contributed by atoms with Crippen molar-refractivity contribution in [3.63, 3.8) is 0 Å². The van der Waals surface area contributed by atoms with Crippen LogP contribution in [0.1, 0.15) is 12.1 Å². The summed E-state index contributed by atoms with van der Waals surface area (Å²) < 4.78 is 0. The number of rotatable bonds is 6. The summed E-state index contributed by atoms with van der Waals surface area (Å²) in [6.07, 6.45) is 3.95. The van der Waals surface area contributed by atoms with Crippen molar-refractivity contribution in [1.82, 2.24) is 15.6 Å². The molecule has 2 aromatic rings. The smallest absolute Gasteiger partial charge is 0.190 e. The van der Waals surface area contributed by atoms with E-state index < -0.39 is 0 Å². The lowest BCUT2D eigenvalue weighted by Gasteiger charge is -2.19. The molecule has 1 aromatic heterocycles. The van der Waals surface area contributed by atoms with Crippen LogP contribution in [0.3, 0.4) is 0 Å². The van der Waals surface area contributed by atoms with Gasteiger partial charge in [0, 0.05) is 57.2 Å². The Morgan fingerprint density at radius 1 is 1.15 bits per heavy atom. The highest BCUT2D eigenvalue weighted by atomic mass is 127. The average Bonchev–Trinajstić information content (AvgIpc) is 3.15. The first kappa shape index (κ1) is 20.5. The quantitative estimate of drug-likeness (QED) is 0.392. The molecule has 1 unspecified atom stereocenters. The minimum Gasteiger partial charge on any atom is -0.371 e. The Hall–Kier alpha value is -1.83. The first-order valence-electron chi connectivity index (χ1n) is 8.99. The summed E-state index contributed by atoms with van der Waals surface area (Å²) in [7, 11) is 1.82. The number of halogens is 1. The van der Waals surface area contributed by atoms with Gasteiger partial charge in [0.2, 0.25) is 0 Å². The molecule has 0 radical (unpaired) electrons. The van der Waals surface area contributed by atoms with Crippen LogP contribution in [0.15, 0.2) is 59.7 Å². The maximum atomic E-state index is 4.34. The van der Waals surface area contributed by atoms with E-state index in [9.17, 15) is 0 Å². The third-order valence-electron chi connectivity index (χ3n) is 4.59. The number of anilines is 1. The van der Waals surface area contributed by atoms with Crippen LogP contribution in [-0.4, -0.2) is 44.2 Å². The Bertz CT molecular complexity index is 662. The molecule has 1 aliphatic heterocycles. The van der Waals surface area contributed by atoms with Gasteiger partial charge in [0.15, 0.2) is 5.96 Å². The van der Waals surface area contributed by atoms with Gasteiger partial charge in [-0.2, -0.15) is 0 Å². The lowest BCUT2D eigenvalue weighted by molar-refractivity contribution is 0.565. The molecular weight excluding hydrogens is 437 g/mol. The molecule has 2 heterocycles. The average molecular weight is 465 g/mol. The van der Waals surface area contributed by atoms with E-state index in [4.69, 9.17) is 0 Å². The molecule has 1 aromatic carbocycles. The molecule has 26 heavy (non-hydrogen) atoms. The molecule has 1 fully saturated rings. The SMILES string of the molecule is CN=C(NCCc1ccccn1)NCC1CCN(c2ccccc2)C1.I. The van der Waals surface area contributed by atoms with Gasteiger partial charge in [0.25, 0.3) is 0 Å². The second-order valence-corrected chi connectivity index (χ2v) is 6.39. The standard InChI is InChI=1S/C20H27N5.HI/c1-21-20(23-13-10-18-7-5-6-12-22-18)24-15-17-11-14-25(16-17)19-8-3-2-4-9-19;/h2-9,12,17H,10-11,13-16H2,1H3,(H2,21,23,24);1H. The Morgan fingerprint density at radius 3 is 2.69 bits per heavy atom. The van der Waals surface area contributed by atoms with Crippen molar-refractivity contribution in [2.24, 2.45) is 10.9 Å². The van der Waals surface area contributed by atoms with Crippen LogP contribution in [0, 0.1) is 5.92 Å². The molecule has 5 nitrogen and oxygen atoms in total. The van der Waals surface area contributed by atoms with Gasteiger partial charge in [-0.3, -0.25) is 9.98 Å². The van der Waals surface area contributed by atoms with Crippen LogP contribution in [0.4, 0.5) is 5.69 Å². The number of nitrogens with one attached hydrogen (secondary N) is 2. The normalized spacial score (nSPS) is 16.9. The lowest BCUT2D eigenvalue weighted by Crippen LogP contribution is -2.41. The third-order valence-corrected chi connectivity index (χ3v) is 4.59. The predicted octanol–water partition coefficient (Wildman–Crippen LogP) is 2.93. The van der Waals surface area contributed by atoms with Crippen LogP contribution in [0.5, 0.6) is 0 Å². The number of guanidine groups is 1. The van der Waals surface area contributed by atoms with Crippen LogP contribution < -0.4 is 15.5 Å². The summed E-state index contributed by atoms with van der Waals surface area (Å²) in [6, 6.07) is 16.7. The first-order chi connectivity index (χ1) is 12.3. The van der Waals surface area contributed by atoms with Gasteiger partial charge in [0.1, 0.15) is 0 Å². The number of para-hydroxylation sites is 1. The van der Waals surface area contributed by atoms with Crippen molar-refractivity contribution in [2.75, 3.05) is 38.1 Å². The largest absolute Gasteiger partial charge is 0.371 e. The van der Waals surface area contributed by atoms with Crippen molar-refractivity contribution in [1.29, 1.82) is 0 Å². The second-order valence-electron chi connectivity index (χ2n) is 6.39. The van der Waals surface area contributed by atoms with Gasteiger partial charge in [-0.05, 0) is 36.6 Å². The highest BCUT2D eigenvalue weighted by Crippen LogP contribution is 2.22. The fourth-order valence-corrected chi connectivity index (χ4v) is 3.19. The zero-order valence-corrected chi connectivity index (χ0v) is 17.6. The second kappa shape index (κ2) is 11.0. The zero-order chi connectivity index (χ0) is 17.3. The van der Waals surface area contributed by atoms with Crippen molar-refractivity contribution < 1.29 is 0 Å². The molecule has 1 atom stereocenters. The van der Waals surface area contributed by atoms with Crippen LogP contribution in [0.25, 0.3) is 0 Å². The molecule has 1 saturated heterocycles. The van der Waals surface area contributed by atoms with E-state index in [0.717, 1.165) is 44.3 Å². The molecule has 0 spiro atoms. The van der Waals surface area contributed by atoms with E-state index in [-0.39, 0.29) is 24.0 Å². The molecule has 140 valence electrons. The monoisotopic (exact) mass is 465 g/mol. The summed E-state index contributed by atoms with van der Waals surface area (Å²) in [5.41, 5.74) is 2.42. The van der Waals surface area contributed by atoms with Gasteiger partial charge < -0.3 is 15.5 Å². The fraction of sp³-hybridized carbons (Fsp3) is 0.400. The summed E-state index contributed by atoms with van der Waals surface area (Å²) in [4.78, 5) is 11.1. The topological polar surface area (TPSA) is 52.6 Å². The van der Waals surface area contributed by atoms with Gasteiger partial charge in [-0.15, -0.1) is 24.0 Å². The number of hydrogen-bond donors (Lipinski definition) is 2. The minimum atomic E-state index is 0. The molecule has 3 rings (SSSR count). The molecular formula is C20H28IN5. The predicted molar refractivity (Wildman–Crippen MR) is 119 cm³/mol. The van der Waals surface area contributed by atoms with Crippen molar-refractivity contribution in [3.8, 4) is 0 Å². The van der Waals surface area contributed by atoms with E-state index >= 15 is 0 Å². The van der Waals surface area contributed by atoms with Crippen molar-refractivity contribution >= 4 is 35.6 Å². The summed E-state index contributed by atoms with van der Waals surface area (Å²) in [6.45, 7) is 4.01. The maximum Gasteiger partial charge on any atom is 0.190 e. The maximum absolute atomic E-state index is 4.34. The molecule has 1 aliphatic rings. The Balaban J connectivity index is 0.00000243. The molecule has 0 amide bonds. The summed E-state index contributed by atoms with van der Waals surface area (Å²) in [5, 5.41) is 6.83. The molecule has 6 heteroatoms. The minimum absolute atomic E-state index is 0. The fourth-order valence-electron chi connectivity index (χ4n) is 3.19. The van der Waals surface area contributed by atoms with Crippen molar-refractivity contribution in [3.05, 3.63) is 60.4 Å². The number of aromatic nitrogens is 1. The molecule has 2 N–H and O–H groups in total. The number of aliphatic imine (C=N–C) groups is 1. The molecule has 0 saturated carbocycles. The number of benzene rings is 1. The Morgan fingerprint density at radius 2 is 1.96 bits per heavy atom. The highest BCUT2D eigenvalue weighted by Gasteiger charge is 2.22. The van der Waals surface area contributed by atoms with Crippen LogP contribution in [0.2, 0.25) is 0 Å². The first-order valence-corrected chi connectivity index (χ1v) is 8.99. The molecule has 0 aliphatic carbocycles. The van der Waals surface area contributed by atoms with E-state index in [2.05, 4.69) is 61.9 Å². The molecule has 0 bridgehead atoms. The number of hydrogen-bond acceptors (Lipinski definition) is 3. The summed E-state index contributed by atoms with van der Waals surface area (Å²) in [5.74, 6) is 1.52. The van der Waals surface area contributed by atoms with Gasteiger partial charge in [-0.1, -0.05) is 24.3 Å². The third kappa shape index (κ3) is 6.16. The van der Waals surface area contributed by atoms with E-state index in [0.29, 0.717) is 5.92 Å².